The molecule has 112 valence electrons. The first-order valence-electron chi connectivity index (χ1n) is 6.85. The molecule has 0 spiro atoms. The number of nitrogens with one attached hydrogen (secondary N) is 1. The van der Waals surface area contributed by atoms with Crippen LogP contribution in [0.2, 0.25) is 0 Å². The molecule has 0 atom stereocenters. The minimum absolute atomic E-state index is 0.483. The Balaban J connectivity index is 1.70. The predicted molar refractivity (Wildman–Crippen MR) is 94.3 cm³/mol. The third kappa shape index (κ3) is 3.73. The third-order valence-electron chi connectivity index (χ3n) is 3.13. The van der Waals surface area contributed by atoms with Crippen LogP contribution < -0.4 is 11.2 Å². The lowest BCUT2D eigenvalue weighted by Crippen LogP contribution is -1.91. The van der Waals surface area contributed by atoms with Crippen LogP contribution in [0.25, 0.3) is 11.1 Å². The first kappa shape index (κ1) is 14.8. The molecule has 0 unspecified atom stereocenters. The van der Waals surface area contributed by atoms with E-state index in [2.05, 4.69) is 21.6 Å². The fourth-order valence-corrected chi connectivity index (χ4v) is 2.58. The maximum absolute atomic E-state index is 8.96. The molecule has 1 aromatic heterocycles. The largest absolute Gasteiger partial charge is 0.383 e. The summed E-state index contributed by atoms with van der Waals surface area (Å²) in [7, 11) is 0. The van der Waals surface area contributed by atoms with E-state index in [1.807, 2.05) is 42.5 Å². The lowest BCUT2D eigenvalue weighted by Gasteiger charge is -2.02. The SMILES string of the molecule is N#Cc1cccc(-c2ccc(C=NNc3nc(N)cs3)cc2)c1. The molecule has 3 rings (SSSR count). The Kier molecular flexibility index (Phi) is 4.32. The number of anilines is 2. The first-order chi connectivity index (χ1) is 11.2. The zero-order valence-electron chi connectivity index (χ0n) is 12.1. The molecular weight excluding hydrogens is 306 g/mol. The van der Waals surface area contributed by atoms with Crippen LogP contribution in [0.4, 0.5) is 10.9 Å². The first-order valence-corrected chi connectivity index (χ1v) is 7.73. The maximum atomic E-state index is 8.96. The molecule has 0 fully saturated rings. The summed E-state index contributed by atoms with van der Waals surface area (Å²) in [6.07, 6.45) is 1.72. The van der Waals surface area contributed by atoms with Crippen LogP contribution in [0.5, 0.6) is 0 Å². The van der Waals surface area contributed by atoms with Crippen LogP contribution in [-0.4, -0.2) is 11.2 Å². The molecule has 0 radical (unpaired) electrons. The Morgan fingerprint density at radius 2 is 2.00 bits per heavy atom. The van der Waals surface area contributed by atoms with Crippen LogP contribution in [0.1, 0.15) is 11.1 Å². The molecule has 0 aliphatic rings. The molecule has 6 heteroatoms. The Hall–Kier alpha value is -3.17. The number of nitrogens with two attached hydrogens (primary N) is 1. The number of aromatic nitrogens is 1. The molecule has 0 aliphatic heterocycles. The van der Waals surface area contributed by atoms with Gasteiger partial charge in [0.1, 0.15) is 5.82 Å². The maximum Gasteiger partial charge on any atom is 0.205 e. The van der Waals surface area contributed by atoms with E-state index in [4.69, 9.17) is 11.0 Å². The van der Waals surface area contributed by atoms with Crippen molar-refractivity contribution in [1.29, 1.82) is 5.26 Å². The van der Waals surface area contributed by atoms with Gasteiger partial charge >= 0.3 is 0 Å². The fraction of sp³-hybridized carbons (Fsp3) is 0. The molecule has 23 heavy (non-hydrogen) atoms. The van der Waals surface area contributed by atoms with Gasteiger partial charge in [0.2, 0.25) is 5.13 Å². The number of nitrogen functional groups attached to an aromatic ring is 1. The molecule has 0 saturated heterocycles. The summed E-state index contributed by atoms with van der Waals surface area (Å²) in [6.45, 7) is 0. The van der Waals surface area contributed by atoms with Crippen molar-refractivity contribution < 1.29 is 0 Å². The van der Waals surface area contributed by atoms with Gasteiger partial charge in [0.25, 0.3) is 0 Å². The van der Waals surface area contributed by atoms with Crippen molar-refractivity contribution in [2.24, 2.45) is 5.10 Å². The van der Waals surface area contributed by atoms with Gasteiger partial charge in [-0.25, -0.2) is 4.98 Å². The van der Waals surface area contributed by atoms with E-state index in [-0.39, 0.29) is 0 Å². The van der Waals surface area contributed by atoms with Gasteiger partial charge in [-0.2, -0.15) is 10.4 Å². The average Bonchev–Trinajstić information content (AvgIpc) is 3.01. The summed E-state index contributed by atoms with van der Waals surface area (Å²) in [4.78, 5) is 4.06. The lowest BCUT2D eigenvalue weighted by molar-refractivity contribution is 1.29. The topological polar surface area (TPSA) is 87.1 Å². The van der Waals surface area contributed by atoms with E-state index in [1.54, 1.807) is 17.7 Å². The van der Waals surface area contributed by atoms with Crippen molar-refractivity contribution in [2.45, 2.75) is 0 Å². The van der Waals surface area contributed by atoms with Crippen LogP contribution in [0, 0.1) is 11.3 Å². The van der Waals surface area contributed by atoms with Crippen LogP contribution in [-0.2, 0) is 0 Å². The van der Waals surface area contributed by atoms with E-state index in [0.717, 1.165) is 16.7 Å². The van der Waals surface area contributed by atoms with Gasteiger partial charge in [0, 0.05) is 5.38 Å². The van der Waals surface area contributed by atoms with E-state index < -0.39 is 0 Å². The second kappa shape index (κ2) is 6.73. The molecule has 0 aliphatic carbocycles. The number of benzene rings is 2. The van der Waals surface area contributed by atoms with E-state index in [0.29, 0.717) is 16.5 Å². The average molecular weight is 319 g/mol. The molecule has 5 nitrogen and oxygen atoms in total. The summed E-state index contributed by atoms with van der Waals surface area (Å²) in [5.74, 6) is 0.483. The highest BCUT2D eigenvalue weighted by Gasteiger charge is 1.99. The van der Waals surface area contributed by atoms with Gasteiger partial charge in [-0.1, -0.05) is 36.4 Å². The normalized spacial score (nSPS) is 10.6. The standard InChI is InChI=1S/C17H13N5S/c18-9-13-2-1-3-15(8-13)14-6-4-12(5-7-14)10-20-22-17-21-16(19)11-23-17/h1-8,10-11H,19H2,(H,21,22). The highest BCUT2D eigenvalue weighted by molar-refractivity contribution is 7.14. The van der Waals surface area contributed by atoms with Gasteiger partial charge in [0.05, 0.1) is 17.8 Å². The number of thiazole rings is 1. The molecule has 0 saturated carbocycles. The Morgan fingerprint density at radius 1 is 1.17 bits per heavy atom. The Labute approximate surface area is 137 Å². The predicted octanol–water partition coefficient (Wildman–Crippen LogP) is 3.71. The molecule has 3 aromatic rings. The molecular formula is C17H13N5S. The molecule has 2 aromatic carbocycles. The van der Waals surface area contributed by atoms with Gasteiger partial charge in [-0.05, 0) is 28.8 Å². The van der Waals surface area contributed by atoms with Gasteiger partial charge in [0.15, 0.2) is 0 Å². The van der Waals surface area contributed by atoms with Crippen molar-refractivity contribution >= 4 is 28.5 Å². The number of hydrogen-bond acceptors (Lipinski definition) is 6. The summed E-state index contributed by atoms with van der Waals surface area (Å²) in [6, 6.07) is 17.6. The Bertz CT molecular complexity index is 874. The van der Waals surface area contributed by atoms with Crippen molar-refractivity contribution in [3.8, 4) is 17.2 Å². The fourth-order valence-electron chi connectivity index (χ4n) is 2.03. The highest BCUT2D eigenvalue weighted by atomic mass is 32.1. The van der Waals surface area contributed by atoms with E-state index >= 15 is 0 Å². The highest BCUT2D eigenvalue weighted by Crippen LogP contribution is 2.20. The lowest BCUT2D eigenvalue weighted by atomic mass is 10.0. The summed E-state index contributed by atoms with van der Waals surface area (Å²) >= 11 is 1.40. The van der Waals surface area contributed by atoms with Crippen molar-refractivity contribution in [3.63, 3.8) is 0 Å². The Morgan fingerprint density at radius 3 is 2.70 bits per heavy atom. The summed E-state index contributed by atoms with van der Waals surface area (Å²) < 4.78 is 0. The molecule has 1 heterocycles. The van der Waals surface area contributed by atoms with Crippen LogP contribution >= 0.6 is 11.3 Å². The quantitative estimate of drug-likeness (QED) is 0.567. The van der Waals surface area contributed by atoms with Gasteiger partial charge < -0.3 is 5.73 Å². The molecule has 0 bridgehead atoms. The summed E-state index contributed by atoms with van der Waals surface area (Å²) in [5, 5.41) is 15.5. The minimum Gasteiger partial charge on any atom is -0.383 e. The van der Waals surface area contributed by atoms with Crippen molar-refractivity contribution in [3.05, 3.63) is 65.0 Å². The van der Waals surface area contributed by atoms with Crippen molar-refractivity contribution in [2.75, 3.05) is 11.2 Å². The molecule has 3 N–H and O–H groups in total. The number of hydrogen-bond donors (Lipinski definition) is 2. The van der Waals surface area contributed by atoms with Gasteiger partial charge in [-0.15, -0.1) is 11.3 Å². The number of nitriles is 1. The van der Waals surface area contributed by atoms with Crippen LogP contribution in [0.15, 0.2) is 59.0 Å². The summed E-state index contributed by atoms with van der Waals surface area (Å²) in [5.41, 5.74) is 12.1. The number of hydrazone groups is 1. The third-order valence-corrected chi connectivity index (χ3v) is 3.90. The minimum atomic E-state index is 0.483. The zero-order chi connectivity index (χ0) is 16.1. The zero-order valence-corrected chi connectivity index (χ0v) is 12.9. The second-order valence-electron chi connectivity index (χ2n) is 4.76. The number of nitrogens with zero attached hydrogens (tertiary/aromatic N) is 3. The van der Waals surface area contributed by atoms with E-state index in [9.17, 15) is 0 Å². The molecule has 0 amide bonds. The smallest absolute Gasteiger partial charge is 0.205 e. The van der Waals surface area contributed by atoms with Crippen molar-refractivity contribution in [1.82, 2.24) is 4.98 Å². The van der Waals surface area contributed by atoms with Crippen LogP contribution in [0.3, 0.4) is 0 Å². The monoisotopic (exact) mass is 319 g/mol. The number of rotatable bonds is 4. The van der Waals surface area contributed by atoms with Gasteiger partial charge in [-0.3, -0.25) is 5.43 Å². The van der Waals surface area contributed by atoms with E-state index in [1.165, 1.54) is 11.3 Å². The second-order valence-corrected chi connectivity index (χ2v) is 5.62.